The molecule has 138 valence electrons. The summed E-state index contributed by atoms with van der Waals surface area (Å²) < 4.78 is 5.83. The number of carbonyl (C=O) groups excluding carboxylic acids is 1. The summed E-state index contributed by atoms with van der Waals surface area (Å²) in [7, 11) is 0. The summed E-state index contributed by atoms with van der Waals surface area (Å²) in [5.41, 5.74) is -1.70. The highest BCUT2D eigenvalue weighted by Gasteiger charge is 2.40. The van der Waals surface area contributed by atoms with Gasteiger partial charge in [-0.3, -0.25) is 4.79 Å². The number of carboxylic acids is 1. The summed E-state index contributed by atoms with van der Waals surface area (Å²) in [6.45, 7) is 0.976. The first kappa shape index (κ1) is 18.2. The predicted octanol–water partition coefficient (Wildman–Crippen LogP) is 2.44. The van der Waals surface area contributed by atoms with Crippen LogP contribution in [-0.2, 0) is 9.59 Å². The van der Waals surface area contributed by atoms with Crippen LogP contribution < -0.4 is 4.74 Å². The molecule has 26 heavy (non-hydrogen) atoms. The minimum absolute atomic E-state index is 0.0287. The van der Waals surface area contributed by atoms with Crippen LogP contribution in [0.2, 0.25) is 0 Å². The minimum Gasteiger partial charge on any atom is -0.493 e. The molecule has 1 fully saturated rings. The molecule has 0 saturated carbocycles. The van der Waals surface area contributed by atoms with Crippen LogP contribution in [0.25, 0.3) is 10.8 Å². The van der Waals surface area contributed by atoms with Crippen molar-refractivity contribution in [3.05, 3.63) is 42.5 Å². The lowest BCUT2D eigenvalue weighted by Gasteiger charge is -2.35. The van der Waals surface area contributed by atoms with Crippen molar-refractivity contribution in [3.8, 4) is 5.75 Å². The van der Waals surface area contributed by atoms with Gasteiger partial charge in [-0.15, -0.1) is 0 Å². The molecule has 0 radical (unpaired) electrons. The fraction of sp³-hybridized carbons (Fsp3) is 0.400. The van der Waals surface area contributed by atoms with Gasteiger partial charge >= 0.3 is 5.97 Å². The van der Waals surface area contributed by atoms with Crippen molar-refractivity contribution in [1.29, 1.82) is 0 Å². The highest BCUT2D eigenvalue weighted by molar-refractivity contribution is 5.88. The van der Waals surface area contributed by atoms with Gasteiger partial charge in [0, 0.05) is 37.7 Å². The number of hydrogen-bond acceptors (Lipinski definition) is 4. The van der Waals surface area contributed by atoms with Crippen LogP contribution in [0.1, 0.15) is 25.7 Å². The van der Waals surface area contributed by atoms with Gasteiger partial charge in [-0.2, -0.15) is 0 Å². The molecular weight excluding hydrogens is 334 g/mol. The van der Waals surface area contributed by atoms with Crippen LogP contribution in [0.5, 0.6) is 5.75 Å². The van der Waals surface area contributed by atoms with E-state index in [0.29, 0.717) is 19.4 Å². The molecule has 1 amide bonds. The standard InChI is InChI=1S/C20H23NO5/c22-18(21-12-10-20(25,11-13-21)19(23)24)9-4-14-26-17-8-3-6-15-5-1-2-7-16(15)17/h1-3,5-8,25H,4,9-14H2,(H,23,24). The number of aliphatic hydroxyl groups is 1. The smallest absolute Gasteiger partial charge is 0.335 e. The summed E-state index contributed by atoms with van der Waals surface area (Å²) >= 11 is 0. The van der Waals surface area contributed by atoms with E-state index in [1.807, 2.05) is 42.5 Å². The third-order valence-corrected chi connectivity index (χ3v) is 4.88. The fourth-order valence-electron chi connectivity index (χ4n) is 3.23. The molecule has 2 N–H and O–H groups in total. The number of aliphatic carboxylic acids is 1. The van der Waals surface area contributed by atoms with Crippen molar-refractivity contribution in [2.75, 3.05) is 19.7 Å². The van der Waals surface area contributed by atoms with E-state index in [1.54, 1.807) is 4.90 Å². The van der Waals surface area contributed by atoms with E-state index in [-0.39, 0.29) is 31.8 Å². The van der Waals surface area contributed by atoms with Gasteiger partial charge < -0.3 is 19.8 Å². The Balaban J connectivity index is 1.45. The number of likely N-dealkylation sites (tertiary alicyclic amines) is 1. The first-order valence-electron chi connectivity index (χ1n) is 8.84. The van der Waals surface area contributed by atoms with Crippen molar-refractivity contribution < 1.29 is 24.5 Å². The summed E-state index contributed by atoms with van der Waals surface area (Å²) in [6.07, 6.45) is 1.07. The van der Waals surface area contributed by atoms with E-state index < -0.39 is 11.6 Å². The molecule has 6 nitrogen and oxygen atoms in total. The van der Waals surface area contributed by atoms with Gasteiger partial charge in [-0.25, -0.2) is 4.79 Å². The van der Waals surface area contributed by atoms with Crippen molar-refractivity contribution in [2.24, 2.45) is 0 Å². The highest BCUT2D eigenvalue weighted by atomic mass is 16.5. The molecular formula is C20H23NO5. The van der Waals surface area contributed by atoms with Crippen LogP contribution in [0, 0.1) is 0 Å². The Hall–Kier alpha value is -2.60. The number of amides is 1. The number of rotatable bonds is 6. The third-order valence-electron chi connectivity index (χ3n) is 4.88. The maximum atomic E-state index is 12.2. The Morgan fingerprint density at radius 3 is 2.50 bits per heavy atom. The largest absolute Gasteiger partial charge is 0.493 e. The second kappa shape index (κ2) is 7.74. The molecule has 2 aromatic carbocycles. The zero-order valence-electron chi connectivity index (χ0n) is 14.6. The number of fused-ring (bicyclic) bond motifs is 1. The van der Waals surface area contributed by atoms with E-state index >= 15 is 0 Å². The lowest BCUT2D eigenvalue weighted by Crippen LogP contribution is -2.50. The van der Waals surface area contributed by atoms with E-state index in [4.69, 9.17) is 9.84 Å². The van der Waals surface area contributed by atoms with Crippen molar-refractivity contribution in [2.45, 2.75) is 31.3 Å². The number of carbonyl (C=O) groups is 2. The van der Waals surface area contributed by atoms with Crippen molar-refractivity contribution in [3.63, 3.8) is 0 Å². The Morgan fingerprint density at radius 1 is 1.08 bits per heavy atom. The second-order valence-corrected chi connectivity index (χ2v) is 6.65. The lowest BCUT2D eigenvalue weighted by molar-refractivity contribution is -0.165. The molecule has 1 aliphatic heterocycles. The van der Waals surface area contributed by atoms with Gasteiger partial charge in [0.1, 0.15) is 5.75 Å². The molecule has 0 atom stereocenters. The minimum atomic E-state index is -1.70. The predicted molar refractivity (Wildman–Crippen MR) is 97.1 cm³/mol. The van der Waals surface area contributed by atoms with Crippen molar-refractivity contribution in [1.82, 2.24) is 4.90 Å². The van der Waals surface area contributed by atoms with Crippen LogP contribution in [0.4, 0.5) is 0 Å². The number of carboxylic acid groups (broad SMARTS) is 1. The van der Waals surface area contributed by atoms with Gasteiger partial charge in [-0.1, -0.05) is 36.4 Å². The average molecular weight is 357 g/mol. The van der Waals surface area contributed by atoms with Crippen LogP contribution in [-0.4, -0.2) is 52.3 Å². The van der Waals surface area contributed by atoms with Crippen LogP contribution in [0.15, 0.2) is 42.5 Å². The number of benzene rings is 2. The molecule has 1 aliphatic rings. The normalized spacial score (nSPS) is 16.4. The second-order valence-electron chi connectivity index (χ2n) is 6.65. The maximum absolute atomic E-state index is 12.2. The van der Waals surface area contributed by atoms with E-state index in [9.17, 15) is 14.7 Å². The Bertz CT molecular complexity index is 790. The number of ether oxygens (including phenoxy) is 1. The van der Waals surface area contributed by atoms with Crippen LogP contribution in [0.3, 0.4) is 0 Å². The highest BCUT2D eigenvalue weighted by Crippen LogP contribution is 2.26. The number of piperidine rings is 1. The maximum Gasteiger partial charge on any atom is 0.335 e. The Labute approximate surface area is 152 Å². The average Bonchev–Trinajstić information content (AvgIpc) is 2.65. The molecule has 2 aromatic rings. The zero-order chi connectivity index (χ0) is 18.6. The van der Waals surface area contributed by atoms with E-state index in [1.165, 1.54) is 0 Å². The molecule has 0 unspecified atom stereocenters. The summed E-state index contributed by atoms with van der Waals surface area (Å²) in [5.74, 6) is -0.438. The number of nitrogens with zero attached hydrogens (tertiary/aromatic N) is 1. The van der Waals surface area contributed by atoms with Crippen molar-refractivity contribution >= 4 is 22.6 Å². The Kier molecular flexibility index (Phi) is 5.42. The first-order chi connectivity index (χ1) is 12.5. The van der Waals surface area contributed by atoms with Gasteiger partial charge in [0.15, 0.2) is 5.60 Å². The van der Waals surface area contributed by atoms with Crippen LogP contribution >= 0.6 is 0 Å². The third kappa shape index (κ3) is 3.96. The summed E-state index contributed by atoms with van der Waals surface area (Å²) in [6, 6.07) is 13.9. The molecule has 0 bridgehead atoms. The number of hydrogen-bond donors (Lipinski definition) is 2. The van der Waals surface area contributed by atoms with E-state index in [0.717, 1.165) is 16.5 Å². The quantitative estimate of drug-likeness (QED) is 0.776. The van der Waals surface area contributed by atoms with Gasteiger partial charge in [-0.05, 0) is 17.9 Å². The van der Waals surface area contributed by atoms with E-state index in [2.05, 4.69) is 0 Å². The first-order valence-corrected chi connectivity index (χ1v) is 8.84. The SMILES string of the molecule is O=C(CCCOc1cccc2ccccc12)N1CCC(O)(C(=O)O)CC1. The molecule has 6 heteroatoms. The zero-order valence-corrected chi connectivity index (χ0v) is 14.6. The molecule has 3 rings (SSSR count). The Morgan fingerprint density at radius 2 is 1.77 bits per heavy atom. The summed E-state index contributed by atoms with van der Waals surface area (Å²) in [4.78, 5) is 24.9. The molecule has 0 aromatic heterocycles. The molecule has 0 aliphatic carbocycles. The topological polar surface area (TPSA) is 87.1 Å². The molecule has 1 saturated heterocycles. The summed E-state index contributed by atoms with van der Waals surface area (Å²) in [5, 5.41) is 21.1. The monoisotopic (exact) mass is 357 g/mol. The fourth-order valence-corrected chi connectivity index (χ4v) is 3.23. The lowest BCUT2D eigenvalue weighted by atomic mass is 9.91. The molecule has 1 heterocycles. The van der Waals surface area contributed by atoms with Gasteiger partial charge in [0.25, 0.3) is 0 Å². The van der Waals surface area contributed by atoms with Gasteiger partial charge in [0.05, 0.1) is 6.61 Å². The molecule has 0 spiro atoms. The van der Waals surface area contributed by atoms with Gasteiger partial charge in [0.2, 0.25) is 5.91 Å².